The zero-order valence-electron chi connectivity index (χ0n) is 11.6. The van der Waals surface area contributed by atoms with Gasteiger partial charge in [0.15, 0.2) is 0 Å². The SMILES string of the molecule is CCNc1c(C(C)C)c(C)nc2cc(F)cc(F)c12. The number of fused-ring (bicyclic) bond motifs is 1. The summed E-state index contributed by atoms with van der Waals surface area (Å²) in [6, 6.07) is 2.18. The zero-order chi connectivity index (χ0) is 14.2. The first-order chi connectivity index (χ1) is 8.95. The molecule has 0 saturated heterocycles. The van der Waals surface area contributed by atoms with Crippen LogP contribution in [0.4, 0.5) is 14.5 Å². The van der Waals surface area contributed by atoms with Crippen LogP contribution in [0.5, 0.6) is 0 Å². The average molecular weight is 264 g/mol. The standard InChI is InChI=1S/C15H18F2N2/c1-5-18-15-13(8(2)3)9(4)19-12-7-10(16)6-11(17)14(12)15/h6-8H,5H2,1-4H3,(H,18,19). The number of nitrogens with zero attached hydrogens (tertiary/aromatic N) is 1. The van der Waals surface area contributed by atoms with Crippen LogP contribution < -0.4 is 5.32 Å². The van der Waals surface area contributed by atoms with E-state index in [9.17, 15) is 8.78 Å². The number of aromatic nitrogens is 1. The molecule has 0 saturated carbocycles. The Morgan fingerprint density at radius 2 is 1.95 bits per heavy atom. The van der Waals surface area contributed by atoms with Gasteiger partial charge in [0.2, 0.25) is 0 Å². The lowest BCUT2D eigenvalue weighted by atomic mass is 9.96. The van der Waals surface area contributed by atoms with Gasteiger partial charge in [-0.05, 0) is 25.3 Å². The second-order valence-electron chi connectivity index (χ2n) is 4.95. The molecule has 19 heavy (non-hydrogen) atoms. The molecular weight excluding hydrogens is 246 g/mol. The van der Waals surface area contributed by atoms with Crippen molar-refractivity contribution in [3.8, 4) is 0 Å². The fourth-order valence-electron chi connectivity index (χ4n) is 2.52. The summed E-state index contributed by atoms with van der Waals surface area (Å²) < 4.78 is 27.4. The number of rotatable bonds is 3. The highest BCUT2D eigenvalue weighted by atomic mass is 19.1. The number of halogens is 2. The number of aryl methyl sites for hydroxylation is 1. The number of anilines is 1. The van der Waals surface area contributed by atoms with Gasteiger partial charge >= 0.3 is 0 Å². The van der Waals surface area contributed by atoms with Crippen molar-refractivity contribution in [1.29, 1.82) is 0 Å². The van der Waals surface area contributed by atoms with E-state index in [4.69, 9.17) is 0 Å². The third-order valence-corrected chi connectivity index (χ3v) is 3.16. The summed E-state index contributed by atoms with van der Waals surface area (Å²) in [5, 5.41) is 3.57. The first-order valence-corrected chi connectivity index (χ1v) is 6.48. The topological polar surface area (TPSA) is 24.9 Å². The largest absolute Gasteiger partial charge is 0.384 e. The van der Waals surface area contributed by atoms with Gasteiger partial charge in [0.25, 0.3) is 0 Å². The quantitative estimate of drug-likeness (QED) is 0.890. The maximum atomic E-state index is 14.1. The van der Waals surface area contributed by atoms with Gasteiger partial charge in [-0.1, -0.05) is 13.8 Å². The van der Waals surface area contributed by atoms with E-state index in [0.29, 0.717) is 17.4 Å². The molecule has 2 rings (SSSR count). The van der Waals surface area contributed by atoms with Gasteiger partial charge < -0.3 is 5.32 Å². The van der Waals surface area contributed by atoms with Gasteiger partial charge in [-0.25, -0.2) is 8.78 Å². The highest BCUT2D eigenvalue weighted by Gasteiger charge is 2.18. The van der Waals surface area contributed by atoms with Crippen LogP contribution in [0.3, 0.4) is 0 Å². The lowest BCUT2D eigenvalue weighted by molar-refractivity contribution is 0.591. The van der Waals surface area contributed by atoms with Crippen LogP contribution in [-0.2, 0) is 0 Å². The Morgan fingerprint density at radius 3 is 2.53 bits per heavy atom. The maximum absolute atomic E-state index is 14.1. The Kier molecular flexibility index (Phi) is 3.69. The molecular formula is C15H18F2N2. The third kappa shape index (κ3) is 2.39. The van der Waals surface area contributed by atoms with E-state index < -0.39 is 11.6 Å². The fourth-order valence-corrected chi connectivity index (χ4v) is 2.52. The Balaban J connectivity index is 2.90. The fraction of sp³-hybridized carbons (Fsp3) is 0.400. The van der Waals surface area contributed by atoms with E-state index in [1.165, 1.54) is 6.07 Å². The highest BCUT2D eigenvalue weighted by Crippen LogP contribution is 2.35. The smallest absolute Gasteiger partial charge is 0.137 e. The van der Waals surface area contributed by atoms with E-state index in [2.05, 4.69) is 10.3 Å². The lowest BCUT2D eigenvalue weighted by Gasteiger charge is -2.19. The number of benzene rings is 1. The third-order valence-electron chi connectivity index (χ3n) is 3.16. The number of pyridine rings is 1. The molecule has 1 aromatic carbocycles. The number of hydrogen-bond donors (Lipinski definition) is 1. The van der Waals surface area contributed by atoms with Crippen LogP contribution in [-0.4, -0.2) is 11.5 Å². The van der Waals surface area contributed by atoms with Crippen LogP contribution in [0.2, 0.25) is 0 Å². The maximum Gasteiger partial charge on any atom is 0.137 e. The van der Waals surface area contributed by atoms with E-state index in [1.807, 2.05) is 27.7 Å². The van der Waals surface area contributed by atoms with Crippen molar-refractivity contribution >= 4 is 16.6 Å². The summed E-state index contributed by atoms with van der Waals surface area (Å²) >= 11 is 0. The second-order valence-corrected chi connectivity index (χ2v) is 4.95. The monoisotopic (exact) mass is 264 g/mol. The van der Waals surface area contributed by atoms with Gasteiger partial charge in [0.1, 0.15) is 11.6 Å². The van der Waals surface area contributed by atoms with Crippen molar-refractivity contribution in [2.75, 3.05) is 11.9 Å². The van der Waals surface area contributed by atoms with Crippen molar-refractivity contribution in [2.45, 2.75) is 33.6 Å². The Morgan fingerprint density at radius 1 is 1.26 bits per heavy atom. The molecule has 102 valence electrons. The molecule has 0 unspecified atom stereocenters. The molecule has 2 nitrogen and oxygen atoms in total. The summed E-state index contributed by atoms with van der Waals surface area (Å²) in [6.07, 6.45) is 0. The second kappa shape index (κ2) is 5.11. The van der Waals surface area contributed by atoms with Gasteiger partial charge in [0, 0.05) is 24.4 Å². The van der Waals surface area contributed by atoms with Gasteiger partial charge in [0.05, 0.1) is 16.6 Å². The molecule has 0 fully saturated rings. The highest BCUT2D eigenvalue weighted by molar-refractivity contribution is 5.94. The van der Waals surface area contributed by atoms with Crippen molar-refractivity contribution in [3.63, 3.8) is 0 Å². The molecule has 0 aliphatic rings. The normalized spacial score (nSPS) is 11.3. The summed E-state index contributed by atoms with van der Waals surface area (Å²) in [6.45, 7) is 8.58. The number of hydrogen-bond acceptors (Lipinski definition) is 2. The summed E-state index contributed by atoms with van der Waals surface area (Å²) in [5.74, 6) is -0.951. The number of nitrogens with one attached hydrogen (secondary N) is 1. The molecule has 1 aromatic heterocycles. The van der Waals surface area contributed by atoms with Crippen molar-refractivity contribution in [2.24, 2.45) is 0 Å². The van der Waals surface area contributed by atoms with Crippen LogP contribution in [0.25, 0.3) is 10.9 Å². The predicted octanol–water partition coefficient (Wildman–Crippen LogP) is 4.38. The Bertz CT molecular complexity index is 621. The minimum atomic E-state index is -0.600. The molecule has 0 atom stereocenters. The molecule has 0 spiro atoms. The van der Waals surface area contributed by atoms with Gasteiger partial charge in [-0.2, -0.15) is 0 Å². The van der Waals surface area contributed by atoms with Crippen LogP contribution in [0.15, 0.2) is 12.1 Å². The Labute approximate surface area is 111 Å². The molecule has 2 aromatic rings. The van der Waals surface area contributed by atoms with E-state index in [1.54, 1.807) is 0 Å². The molecule has 0 amide bonds. The first-order valence-electron chi connectivity index (χ1n) is 6.48. The molecule has 1 N–H and O–H groups in total. The minimum absolute atomic E-state index is 0.218. The van der Waals surface area contributed by atoms with Crippen LogP contribution in [0, 0.1) is 18.6 Å². The Hall–Kier alpha value is -1.71. The van der Waals surface area contributed by atoms with Crippen LogP contribution >= 0.6 is 0 Å². The van der Waals surface area contributed by atoms with E-state index in [0.717, 1.165) is 23.0 Å². The van der Waals surface area contributed by atoms with E-state index in [-0.39, 0.29) is 5.92 Å². The average Bonchev–Trinajstić information content (AvgIpc) is 2.26. The molecule has 4 heteroatoms. The lowest BCUT2D eigenvalue weighted by Crippen LogP contribution is -2.08. The molecule has 0 aliphatic carbocycles. The molecule has 1 heterocycles. The van der Waals surface area contributed by atoms with Crippen molar-refractivity contribution in [3.05, 3.63) is 35.0 Å². The van der Waals surface area contributed by atoms with Gasteiger partial charge in [-0.15, -0.1) is 0 Å². The van der Waals surface area contributed by atoms with Crippen molar-refractivity contribution < 1.29 is 8.78 Å². The summed E-state index contributed by atoms with van der Waals surface area (Å²) in [4.78, 5) is 4.34. The minimum Gasteiger partial charge on any atom is -0.384 e. The van der Waals surface area contributed by atoms with Crippen LogP contribution in [0.1, 0.15) is 37.9 Å². The first kappa shape index (κ1) is 13.7. The van der Waals surface area contributed by atoms with Gasteiger partial charge in [-0.3, -0.25) is 4.98 Å². The molecule has 0 aliphatic heterocycles. The molecule has 0 bridgehead atoms. The van der Waals surface area contributed by atoms with E-state index >= 15 is 0 Å². The van der Waals surface area contributed by atoms with Crippen molar-refractivity contribution in [1.82, 2.24) is 4.98 Å². The summed E-state index contributed by atoms with van der Waals surface area (Å²) in [7, 11) is 0. The predicted molar refractivity (Wildman–Crippen MR) is 74.6 cm³/mol. The zero-order valence-corrected chi connectivity index (χ0v) is 11.6. The molecule has 0 radical (unpaired) electrons. The summed E-state index contributed by atoms with van der Waals surface area (Å²) in [5.41, 5.74) is 2.89.